The molecule has 0 amide bonds. The summed E-state index contributed by atoms with van der Waals surface area (Å²) in [5, 5.41) is 2.18. The Kier molecular flexibility index (Phi) is 6.28. The Morgan fingerprint density at radius 2 is 1.44 bits per heavy atom. The molecule has 0 saturated heterocycles. The van der Waals surface area contributed by atoms with Crippen LogP contribution < -0.4 is 0 Å². The van der Waals surface area contributed by atoms with Gasteiger partial charge in [-0.15, -0.1) is 0 Å². The molecule has 3 heteroatoms. The third kappa shape index (κ3) is 4.99. The molecule has 0 radical (unpaired) electrons. The van der Waals surface area contributed by atoms with E-state index in [-0.39, 0.29) is 5.69 Å². The minimum Gasteiger partial charge on any atom is -0.205 e. The largest absolute Gasteiger partial charge is 0.205 e. The van der Waals surface area contributed by atoms with Crippen LogP contribution in [-0.2, 0) is 6.42 Å². The van der Waals surface area contributed by atoms with Crippen LogP contribution in [0, 0.1) is 17.7 Å². The van der Waals surface area contributed by atoms with Crippen LogP contribution in [0.25, 0.3) is 11.1 Å². The maximum atomic E-state index is 14.0. The summed E-state index contributed by atoms with van der Waals surface area (Å²) in [6.45, 7) is 2.17. The van der Waals surface area contributed by atoms with Gasteiger partial charge in [-0.05, 0) is 71.7 Å². The third-order valence-electron chi connectivity index (χ3n) is 4.18. The smallest absolute Gasteiger partial charge is 0.150 e. The standard InChI is InChI=1S/C24H18FNS/c1-2-3-18-4-6-19(7-5-18)8-9-20-10-12-21(13-11-20)22-14-15-24(26-17-27)23(25)16-22/h4-7,10-16H,2-3H2,1H3. The topological polar surface area (TPSA) is 12.4 Å². The van der Waals surface area contributed by atoms with Crippen molar-refractivity contribution in [1.82, 2.24) is 0 Å². The van der Waals surface area contributed by atoms with Crippen molar-refractivity contribution in [2.75, 3.05) is 0 Å². The molecule has 0 aromatic heterocycles. The number of isothiocyanates is 1. The number of benzene rings is 3. The number of hydrogen-bond donors (Lipinski definition) is 0. The van der Waals surface area contributed by atoms with E-state index in [2.05, 4.69) is 65.4 Å². The zero-order valence-electron chi connectivity index (χ0n) is 15.0. The van der Waals surface area contributed by atoms with Crippen molar-refractivity contribution in [3.8, 4) is 23.0 Å². The fraction of sp³-hybridized carbons (Fsp3) is 0.125. The summed E-state index contributed by atoms with van der Waals surface area (Å²) >= 11 is 4.52. The fourth-order valence-corrected chi connectivity index (χ4v) is 2.86. The van der Waals surface area contributed by atoms with Gasteiger partial charge in [-0.3, -0.25) is 0 Å². The molecular formula is C24H18FNS. The van der Waals surface area contributed by atoms with Gasteiger partial charge in [-0.1, -0.05) is 55.5 Å². The van der Waals surface area contributed by atoms with Crippen molar-refractivity contribution in [3.05, 3.63) is 89.2 Å². The molecule has 0 atom stereocenters. The summed E-state index contributed by atoms with van der Waals surface area (Å²) in [5.74, 6) is 5.93. The van der Waals surface area contributed by atoms with Crippen LogP contribution in [0.1, 0.15) is 30.0 Å². The van der Waals surface area contributed by atoms with Gasteiger partial charge in [0.05, 0.1) is 5.16 Å². The molecule has 0 unspecified atom stereocenters. The van der Waals surface area contributed by atoms with E-state index in [1.165, 1.54) is 11.6 Å². The number of nitrogens with zero attached hydrogens (tertiary/aromatic N) is 1. The highest BCUT2D eigenvalue weighted by molar-refractivity contribution is 7.78. The van der Waals surface area contributed by atoms with E-state index < -0.39 is 5.82 Å². The lowest BCUT2D eigenvalue weighted by atomic mass is 10.0. The van der Waals surface area contributed by atoms with Crippen molar-refractivity contribution in [2.24, 2.45) is 4.99 Å². The van der Waals surface area contributed by atoms with E-state index in [1.807, 2.05) is 30.3 Å². The van der Waals surface area contributed by atoms with Crippen molar-refractivity contribution in [3.63, 3.8) is 0 Å². The van der Waals surface area contributed by atoms with Crippen molar-refractivity contribution in [2.45, 2.75) is 19.8 Å². The van der Waals surface area contributed by atoms with Crippen LogP contribution in [0.15, 0.2) is 71.7 Å². The SMILES string of the molecule is CCCc1ccc(C#Cc2ccc(-c3ccc(N=C=S)c(F)c3)cc2)cc1. The zero-order chi connectivity index (χ0) is 19.1. The molecule has 27 heavy (non-hydrogen) atoms. The van der Waals surface area contributed by atoms with Gasteiger partial charge in [-0.25, -0.2) is 4.39 Å². The molecule has 0 saturated carbocycles. The Labute approximate surface area is 164 Å². The Morgan fingerprint density at radius 3 is 2.00 bits per heavy atom. The molecule has 0 aliphatic carbocycles. The molecule has 0 N–H and O–H groups in total. The molecular weight excluding hydrogens is 353 g/mol. The van der Waals surface area contributed by atoms with Crippen LogP contribution in [0.5, 0.6) is 0 Å². The lowest BCUT2D eigenvalue weighted by molar-refractivity contribution is 0.630. The summed E-state index contributed by atoms with van der Waals surface area (Å²) in [6.07, 6.45) is 2.23. The third-order valence-corrected chi connectivity index (χ3v) is 4.27. The first kappa shape index (κ1) is 18.7. The van der Waals surface area contributed by atoms with Crippen molar-refractivity contribution < 1.29 is 4.39 Å². The summed E-state index contributed by atoms with van der Waals surface area (Å²) in [5.41, 5.74) is 5.14. The monoisotopic (exact) mass is 371 g/mol. The Hall–Kier alpha value is -3.05. The minimum atomic E-state index is -0.416. The summed E-state index contributed by atoms with van der Waals surface area (Å²) < 4.78 is 14.0. The van der Waals surface area contributed by atoms with Crippen LogP contribution in [0.3, 0.4) is 0 Å². The number of halogens is 1. The molecule has 0 aliphatic rings. The maximum absolute atomic E-state index is 14.0. The minimum absolute atomic E-state index is 0.196. The van der Waals surface area contributed by atoms with Gasteiger partial charge >= 0.3 is 0 Å². The quantitative estimate of drug-likeness (QED) is 0.287. The number of thiocarbonyl (C=S) groups is 1. The van der Waals surface area contributed by atoms with Gasteiger partial charge in [0.1, 0.15) is 11.5 Å². The number of hydrogen-bond acceptors (Lipinski definition) is 2. The molecule has 0 aliphatic heterocycles. The summed E-state index contributed by atoms with van der Waals surface area (Å²) in [7, 11) is 0. The van der Waals surface area contributed by atoms with E-state index in [9.17, 15) is 4.39 Å². The van der Waals surface area contributed by atoms with E-state index in [4.69, 9.17) is 0 Å². The maximum Gasteiger partial charge on any atom is 0.150 e. The van der Waals surface area contributed by atoms with Crippen molar-refractivity contribution in [1.29, 1.82) is 0 Å². The first-order chi connectivity index (χ1) is 13.2. The molecule has 3 rings (SSSR count). The second kappa shape index (κ2) is 9.05. The van der Waals surface area contributed by atoms with Gasteiger partial charge < -0.3 is 0 Å². The fourth-order valence-electron chi connectivity index (χ4n) is 2.76. The predicted molar refractivity (Wildman–Crippen MR) is 113 cm³/mol. The molecule has 1 nitrogen and oxygen atoms in total. The highest BCUT2D eigenvalue weighted by atomic mass is 32.1. The van der Waals surface area contributed by atoms with Crippen LogP contribution in [0.2, 0.25) is 0 Å². The molecule has 3 aromatic carbocycles. The normalized spacial score (nSPS) is 9.85. The molecule has 3 aromatic rings. The van der Waals surface area contributed by atoms with Crippen molar-refractivity contribution >= 4 is 23.1 Å². The molecule has 0 fully saturated rings. The first-order valence-electron chi connectivity index (χ1n) is 8.78. The molecule has 132 valence electrons. The second-order valence-electron chi connectivity index (χ2n) is 6.14. The van der Waals surface area contributed by atoms with Crippen LogP contribution >= 0.6 is 12.2 Å². The van der Waals surface area contributed by atoms with E-state index in [1.54, 1.807) is 6.07 Å². The Morgan fingerprint density at radius 1 is 0.852 bits per heavy atom. The lowest BCUT2D eigenvalue weighted by Gasteiger charge is -2.03. The summed E-state index contributed by atoms with van der Waals surface area (Å²) in [6, 6.07) is 21.0. The molecule has 0 spiro atoms. The van der Waals surface area contributed by atoms with E-state index in [0.29, 0.717) is 0 Å². The first-order valence-corrected chi connectivity index (χ1v) is 9.19. The number of aryl methyl sites for hydroxylation is 1. The highest BCUT2D eigenvalue weighted by Gasteiger charge is 2.04. The van der Waals surface area contributed by atoms with E-state index >= 15 is 0 Å². The van der Waals surface area contributed by atoms with Gasteiger partial charge in [0.25, 0.3) is 0 Å². The summed E-state index contributed by atoms with van der Waals surface area (Å²) in [4.78, 5) is 3.70. The average molecular weight is 371 g/mol. The van der Waals surface area contributed by atoms with Gasteiger partial charge in [0, 0.05) is 11.1 Å². The number of aliphatic imine (C=N–C) groups is 1. The van der Waals surface area contributed by atoms with Gasteiger partial charge in [-0.2, -0.15) is 4.99 Å². The lowest BCUT2D eigenvalue weighted by Crippen LogP contribution is -1.84. The second-order valence-corrected chi connectivity index (χ2v) is 6.33. The molecule has 0 bridgehead atoms. The van der Waals surface area contributed by atoms with Gasteiger partial charge in [0.2, 0.25) is 0 Å². The highest BCUT2D eigenvalue weighted by Crippen LogP contribution is 2.26. The predicted octanol–water partition coefficient (Wildman–Crippen LogP) is 6.58. The average Bonchev–Trinajstić information content (AvgIpc) is 2.70. The van der Waals surface area contributed by atoms with E-state index in [0.717, 1.165) is 35.1 Å². The Balaban J connectivity index is 1.76. The number of rotatable bonds is 4. The zero-order valence-corrected chi connectivity index (χ0v) is 15.8. The van der Waals surface area contributed by atoms with Gasteiger partial charge in [0.15, 0.2) is 0 Å². The molecule has 0 heterocycles. The van der Waals surface area contributed by atoms with Crippen LogP contribution in [-0.4, -0.2) is 5.16 Å². The Bertz CT molecular complexity index is 1030. The van der Waals surface area contributed by atoms with Crippen LogP contribution in [0.4, 0.5) is 10.1 Å².